The maximum absolute atomic E-state index is 14.3. The monoisotopic (exact) mass is 323 g/mol. The molecule has 0 aliphatic carbocycles. The molecule has 1 aliphatic heterocycles. The van der Waals surface area contributed by atoms with Gasteiger partial charge in [-0.1, -0.05) is 0 Å². The number of hydrogen-bond donors (Lipinski definition) is 1. The van der Waals surface area contributed by atoms with E-state index in [0.717, 1.165) is 24.3 Å². The first-order chi connectivity index (χ1) is 11.0. The van der Waals surface area contributed by atoms with Gasteiger partial charge in [-0.15, -0.1) is 0 Å². The second-order valence-electron chi connectivity index (χ2n) is 5.25. The average Bonchev–Trinajstić information content (AvgIpc) is 3.02. The molecule has 1 unspecified atom stereocenters. The van der Waals surface area contributed by atoms with Gasteiger partial charge in [0.25, 0.3) is 0 Å². The van der Waals surface area contributed by atoms with Crippen LogP contribution in [0, 0.1) is 17.5 Å². The summed E-state index contributed by atoms with van der Waals surface area (Å²) in [6, 6.07) is 3.99. The summed E-state index contributed by atoms with van der Waals surface area (Å²) in [7, 11) is 0. The third-order valence-electron chi connectivity index (χ3n) is 3.77. The highest BCUT2D eigenvalue weighted by Gasteiger charge is 2.24. The van der Waals surface area contributed by atoms with Gasteiger partial charge in [0.1, 0.15) is 28.8 Å². The summed E-state index contributed by atoms with van der Waals surface area (Å²) in [5.74, 6) is -4.49. The van der Waals surface area contributed by atoms with Crippen molar-refractivity contribution in [2.75, 3.05) is 13.2 Å². The summed E-state index contributed by atoms with van der Waals surface area (Å²) in [5.41, 5.74) is -1.40. The Morgan fingerprint density at radius 2 is 1.87 bits per heavy atom. The molecule has 7 heteroatoms. The molecule has 23 heavy (non-hydrogen) atoms. The molecule has 3 rings (SSSR count). The van der Waals surface area contributed by atoms with Crippen LogP contribution >= 0.6 is 0 Å². The second-order valence-corrected chi connectivity index (χ2v) is 5.25. The molecule has 1 N–H and O–H groups in total. The maximum atomic E-state index is 14.3. The number of rotatable bonds is 3. The minimum atomic E-state index is -1.41. The Hall–Kier alpha value is -2.41. The SMILES string of the molecule is O=C(O)c1ccc(F)c(-c2c(F)cc(C3CCOC3)cc2F)n1. The van der Waals surface area contributed by atoms with Gasteiger partial charge < -0.3 is 9.84 Å². The number of carboxylic acid groups (broad SMARTS) is 1. The Balaban J connectivity index is 2.10. The molecule has 0 saturated carbocycles. The Morgan fingerprint density at radius 3 is 2.43 bits per heavy atom. The van der Waals surface area contributed by atoms with Crippen molar-refractivity contribution in [1.29, 1.82) is 0 Å². The van der Waals surface area contributed by atoms with Crippen molar-refractivity contribution in [2.24, 2.45) is 0 Å². The van der Waals surface area contributed by atoms with E-state index in [-0.39, 0.29) is 5.92 Å². The van der Waals surface area contributed by atoms with E-state index in [1.807, 2.05) is 0 Å². The van der Waals surface area contributed by atoms with Crippen LogP contribution in [0.15, 0.2) is 24.3 Å². The maximum Gasteiger partial charge on any atom is 0.354 e. The third-order valence-corrected chi connectivity index (χ3v) is 3.77. The largest absolute Gasteiger partial charge is 0.477 e. The fourth-order valence-corrected chi connectivity index (χ4v) is 2.59. The Labute approximate surface area is 129 Å². The van der Waals surface area contributed by atoms with Gasteiger partial charge in [-0.25, -0.2) is 22.9 Å². The normalized spacial score (nSPS) is 17.4. The molecule has 2 aromatic rings. The summed E-state index contributed by atoms with van der Waals surface area (Å²) in [5, 5.41) is 8.89. The highest BCUT2D eigenvalue weighted by Crippen LogP contribution is 2.32. The molecule has 0 amide bonds. The Morgan fingerprint density at radius 1 is 1.17 bits per heavy atom. The van der Waals surface area contributed by atoms with Crippen molar-refractivity contribution < 1.29 is 27.8 Å². The van der Waals surface area contributed by atoms with Gasteiger partial charge >= 0.3 is 5.97 Å². The topological polar surface area (TPSA) is 59.4 Å². The summed E-state index contributed by atoms with van der Waals surface area (Å²) in [6.07, 6.45) is 0.652. The van der Waals surface area contributed by atoms with Gasteiger partial charge in [0.2, 0.25) is 0 Å². The number of aromatic nitrogens is 1. The number of aromatic carboxylic acids is 1. The van der Waals surface area contributed by atoms with Gasteiger partial charge in [-0.05, 0) is 36.2 Å². The first kappa shape index (κ1) is 15.5. The number of ether oxygens (including phenoxy) is 1. The van der Waals surface area contributed by atoms with Crippen molar-refractivity contribution in [2.45, 2.75) is 12.3 Å². The standard InChI is InChI=1S/C16H12F3NO3/c17-10-1-2-13(16(21)22)20-15(10)14-11(18)5-9(6-12(14)19)8-3-4-23-7-8/h1-2,5-6,8H,3-4,7H2,(H,21,22). The van der Waals surface area contributed by atoms with Crippen LogP contribution in [0.3, 0.4) is 0 Å². The molecule has 1 fully saturated rings. The van der Waals surface area contributed by atoms with E-state index in [1.165, 1.54) is 0 Å². The van der Waals surface area contributed by atoms with E-state index in [9.17, 15) is 18.0 Å². The number of nitrogens with zero attached hydrogens (tertiary/aromatic N) is 1. The van der Waals surface area contributed by atoms with Gasteiger partial charge in [0.05, 0.1) is 12.2 Å². The zero-order valence-corrected chi connectivity index (χ0v) is 11.9. The summed E-state index contributed by atoms with van der Waals surface area (Å²) in [6.45, 7) is 0.895. The Kier molecular flexibility index (Phi) is 4.04. The van der Waals surface area contributed by atoms with Crippen LogP contribution in [0.2, 0.25) is 0 Å². The van der Waals surface area contributed by atoms with E-state index in [4.69, 9.17) is 9.84 Å². The number of benzene rings is 1. The van der Waals surface area contributed by atoms with Crippen LogP contribution in [0.5, 0.6) is 0 Å². The molecule has 1 aromatic carbocycles. The van der Waals surface area contributed by atoms with Gasteiger partial charge in [-0.3, -0.25) is 0 Å². The molecule has 0 radical (unpaired) electrons. The lowest BCUT2D eigenvalue weighted by molar-refractivity contribution is 0.0690. The van der Waals surface area contributed by atoms with E-state index in [2.05, 4.69) is 4.98 Å². The molecule has 0 spiro atoms. The predicted octanol–water partition coefficient (Wildman–Crippen LogP) is 3.37. The summed E-state index contributed by atoms with van der Waals surface area (Å²) in [4.78, 5) is 14.4. The number of hydrogen-bond acceptors (Lipinski definition) is 3. The van der Waals surface area contributed by atoms with E-state index >= 15 is 0 Å². The highest BCUT2D eigenvalue weighted by molar-refractivity contribution is 5.86. The van der Waals surface area contributed by atoms with Crippen molar-refractivity contribution in [3.05, 3.63) is 53.0 Å². The molecule has 1 aromatic heterocycles. The molecule has 120 valence electrons. The van der Waals surface area contributed by atoms with Crippen molar-refractivity contribution >= 4 is 5.97 Å². The van der Waals surface area contributed by atoms with Crippen LogP contribution in [0.25, 0.3) is 11.3 Å². The van der Waals surface area contributed by atoms with Crippen LogP contribution in [0.1, 0.15) is 28.4 Å². The van der Waals surface area contributed by atoms with Gasteiger partial charge in [-0.2, -0.15) is 0 Å². The average molecular weight is 323 g/mol. The Bertz CT molecular complexity index is 750. The van der Waals surface area contributed by atoms with E-state index < -0.39 is 40.4 Å². The zero-order valence-electron chi connectivity index (χ0n) is 11.9. The molecule has 0 bridgehead atoms. The number of carboxylic acids is 1. The molecule has 1 atom stereocenters. The number of carbonyl (C=O) groups is 1. The minimum Gasteiger partial charge on any atom is -0.477 e. The molecule has 1 saturated heterocycles. The zero-order chi connectivity index (χ0) is 16.6. The van der Waals surface area contributed by atoms with Crippen LogP contribution < -0.4 is 0 Å². The first-order valence-corrected chi connectivity index (χ1v) is 6.94. The summed E-state index contributed by atoms with van der Waals surface area (Å²) >= 11 is 0. The fourth-order valence-electron chi connectivity index (χ4n) is 2.59. The summed E-state index contributed by atoms with van der Waals surface area (Å²) < 4.78 is 47.7. The number of pyridine rings is 1. The predicted molar refractivity (Wildman–Crippen MR) is 74.7 cm³/mol. The smallest absolute Gasteiger partial charge is 0.354 e. The number of halogens is 3. The lowest BCUT2D eigenvalue weighted by Crippen LogP contribution is -2.06. The first-order valence-electron chi connectivity index (χ1n) is 6.94. The van der Waals surface area contributed by atoms with Crippen molar-refractivity contribution in [3.63, 3.8) is 0 Å². The van der Waals surface area contributed by atoms with E-state index in [0.29, 0.717) is 25.2 Å². The molecule has 2 heterocycles. The lowest BCUT2D eigenvalue weighted by Gasteiger charge is -2.12. The lowest BCUT2D eigenvalue weighted by atomic mass is 9.95. The molecular formula is C16H12F3NO3. The quantitative estimate of drug-likeness (QED) is 0.941. The molecule has 1 aliphatic rings. The van der Waals surface area contributed by atoms with Gasteiger partial charge in [0, 0.05) is 12.5 Å². The van der Waals surface area contributed by atoms with Crippen molar-refractivity contribution in [3.8, 4) is 11.3 Å². The minimum absolute atomic E-state index is 0.115. The van der Waals surface area contributed by atoms with Crippen LogP contribution in [-0.2, 0) is 4.74 Å². The van der Waals surface area contributed by atoms with Crippen LogP contribution in [0.4, 0.5) is 13.2 Å². The van der Waals surface area contributed by atoms with Crippen LogP contribution in [-0.4, -0.2) is 29.3 Å². The third kappa shape index (κ3) is 2.92. The highest BCUT2D eigenvalue weighted by atomic mass is 19.1. The molecular weight excluding hydrogens is 311 g/mol. The fraction of sp³-hybridized carbons (Fsp3) is 0.250. The van der Waals surface area contributed by atoms with Crippen molar-refractivity contribution in [1.82, 2.24) is 4.98 Å². The van der Waals surface area contributed by atoms with Gasteiger partial charge in [0.15, 0.2) is 0 Å². The van der Waals surface area contributed by atoms with E-state index in [1.54, 1.807) is 0 Å². The molecule has 4 nitrogen and oxygen atoms in total. The second kappa shape index (κ2) is 6.00.